The molecule has 6 heteroatoms. The Morgan fingerprint density at radius 3 is 2.08 bits per heavy atom. The normalized spacial score (nSPS) is 10.4. The van der Waals surface area contributed by atoms with E-state index in [4.69, 9.17) is 9.47 Å². The average Bonchev–Trinajstić information content (AvgIpc) is 2.60. The Labute approximate surface area is 146 Å². The van der Waals surface area contributed by atoms with Crippen molar-refractivity contribution in [1.82, 2.24) is 4.57 Å². The molecule has 0 saturated carbocycles. The van der Waals surface area contributed by atoms with Gasteiger partial charge in [0.15, 0.2) is 0 Å². The van der Waals surface area contributed by atoms with Gasteiger partial charge in [0.1, 0.15) is 5.56 Å². The van der Waals surface area contributed by atoms with Crippen LogP contribution in [0.2, 0.25) is 0 Å². The number of carbonyl (C=O) groups is 2. The summed E-state index contributed by atoms with van der Waals surface area (Å²) in [4.78, 5) is 37.1. The van der Waals surface area contributed by atoms with E-state index in [1.54, 1.807) is 20.8 Å². The van der Waals surface area contributed by atoms with E-state index in [9.17, 15) is 14.4 Å². The van der Waals surface area contributed by atoms with Crippen molar-refractivity contribution < 1.29 is 19.1 Å². The smallest absolute Gasteiger partial charge is 0.343 e. The first kappa shape index (κ1) is 18.4. The highest BCUT2D eigenvalue weighted by Crippen LogP contribution is 2.13. The summed E-state index contributed by atoms with van der Waals surface area (Å²) in [5, 5.41) is 0. The van der Waals surface area contributed by atoms with Gasteiger partial charge in [0.25, 0.3) is 5.56 Å². The van der Waals surface area contributed by atoms with Crippen LogP contribution in [0.5, 0.6) is 0 Å². The van der Waals surface area contributed by atoms with Gasteiger partial charge >= 0.3 is 11.9 Å². The lowest BCUT2D eigenvalue weighted by atomic mass is 10.1. The number of esters is 2. The van der Waals surface area contributed by atoms with Gasteiger partial charge in [-0.15, -0.1) is 0 Å². The van der Waals surface area contributed by atoms with E-state index in [0.29, 0.717) is 5.69 Å². The van der Waals surface area contributed by atoms with Gasteiger partial charge in [-0.2, -0.15) is 0 Å². The molecule has 0 aliphatic carbocycles. The summed E-state index contributed by atoms with van der Waals surface area (Å²) in [5.74, 6) is -1.33. The summed E-state index contributed by atoms with van der Waals surface area (Å²) in [6.45, 7) is 5.58. The summed E-state index contributed by atoms with van der Waals surface area (Å²) in [7, 11) is 0. The van der Waals surface area contributed by atoms with E-state index in [-0.39, 0.29) is 30.9 Å². The van der Waals surface area contributed by atoms with Gasteiger partial charge in [-0.1, -0.05) is 30.3 Å². The van der Waals surface area contributed by atoms with E-state index in [0.717, 1.165) is 5.56 Å². The molecule has 0 spiro atoms. The van der Waals surface area contributed by atoms with Crippen molar-refractivity contribution in [1.29, 1.82) is 0 Å². The molecule has 0 amide bonds. The van der Waals surface area contributed by atoms with Crippen LogP contribution in [0.4, 0.5) is 0 Å². The van der Waals surface area contributed by atoms with Gasteiger partial charge in [0, 0.05) is 5.69 Å². The molecule has 6 nitrogen and oxygen atoms in total. The fraction of sp³-hybridized carbons (Fsp3) is 0.316. The van der Waals surface area contributed by atoms with Gasteiger partial charge in [-0.05, 0) is 32.4 Å². The minimum atomic E-state index is -0.750. The third kappa shape index (κ3) is 4.15. The number of carbonyl (C=O) groups excluding carboxylic acids is 2. The molecule has 1 heterocycles. The molecule has 1 aromatic heterocycles. The van der Waals surface area contributed by atoms with E-state index >= 15 is 0 Å². The molecule has 2 aromatic rings. The van der Waals surface area contributed by atoms with Crippen molar-refractivity contribution in [3.63, 3.8) is 0 Å². The van der Waals surface area contributed by atoms with Crippen LogP contribution >= 0.6 is 0 Å². The molecule has 2 rings (SSSR count). The Morgan fingerprint density at radius 2 is 1.52 bits per heavy atom. The summed E-state index contributed by atoms with van der Waals surface area (Å²) < 4.78 is 11.4. The zero-order chi connectivity index (χ0) is 18.4. The minimum Gasteiger partial charge on any atom is -0.462 e. The van der Waals surface area contributed by atoms with Crippen LogP contribution in [0.1, 0.15) is 45.8 Å². The molecule has 0 unspecified atom stereocenters. The van der Waals surface area contributed by atoms with Crippen molar-refractivity contribution in [3.05, 3.63) is 69.1 Å². The molecule has 0 N–H and O–H groups in total. The number of hydrogen-bond donors (Lipinski definition) is 0. The lowest BCUT2D eigenvalue weighted by Crippen LogP contribution is -2.31. The van der Waals surface area contributed by atoms with Crippen LogP contribution in [0, 0.1) is 6.92 Å². The second kappa shape index (κ2) is 8.28. The summed E-state index contributed by atoms with van der Waals surface area (Å²) in [6.07, 6.45) is 0. The van der Waals surface area contributed by atoms with Crippen LogP contribution in [0.15, 0.2) is 41.2 Å². The zero-order valence-electron chi connectivity index (χ0n) is 14.6. The van der Waals surface area contributed by atoms with Crippen LogP contribution in [-0.2, 0) is 16.0 Å². The standard InChI is InChI=1S/C19H21NO5/c1-4-24-18(22)15-11-16(19(23)25-5-2)17(21)20(13(15)3)12-14-9-7-6-8-10-14/h6-11H,4-5,12H2,1-3H3. The Bertz CT molecular complexity index is 824. The summed E-state index contributed by atoms with van der Waals surface area (Å²) >= 11 is 0. The summed E-state index contributed by atoms with van der Waals surface area (Å²) in [5.41, 5.74) is 0.837. The number of hydrogen-bond acceptors (Lipinski definition) is 5. The second-order valence-electron chi connectivity index (χ2n) is 5.37. The number of pyridine rings is 1. The maximum Gasteiger partial charge on any atom is 0.343 e. The van der Waals surface area contributed by atoms with Crippen LogP contribution in [-0.4, -0.2) is 29.7 Å². The van der Waals surface area contributed by atoms with Crippen molar-refractivity contribution in [2.75, 3.05) is 13.2 Å². The summed E-state index contributed by atoms with van der Waals surface area (Å²) in [6, 6.07) is 10.6. The molecule has 0 atom stereocenters. The third-order valence-corrected chi connectivity index (χ3v) is 3.73. The largest absolute Gasteiger partial charge is 0.462 e. The lowest BCUT2D eigenvalue weighted by Gasteiger charge is -2.15. The van der Waals surface area contributed by atoms with Crippen molar-refractivity contribution in [2.45, 2.75) is 27.3 Å². The Balaban J connectivity index is 2.60. The van der Waals surface area contributed by atoms with E-state index in [2.05, 4.69) is 0 Å². The molecule has 0 radical (unpaired) electrons. The monoisotopic (exact) mass is 343 g/mol. The number of aromatic nitrogens is 1. The van der Waals surface area contributed by atoms with Crippen molar-refractivity contribution >= 4 is 11.9 Å². The molecule has 0 aliphatic rings. The molecule has 0 saturated heterocycles. The van der Waals surface area contributed by atoms with Crippen LogP contribution in [0.25, 0.3) is 0 Å². The minimum absolute atomic E-state index is 0.138. The molecular weight excluding hydrogens is 322 g/mol. The molecule has 0 bridgehead atoms. The van der Waals surface area contributed by atoms with E-state index in [1.165, 1.54) is 10.6 Å². The first-order valence-electron chi connectivity index (χ1n) is 8.12. The molecule has 25 heavy (non-hydrogen) atoms. The zero-order valence-corrected chi connectivity index (χ0v) is 14.6. The highest BCUT2D eigenvalue weighted by molar-refractivity contribution is 5.95. The Kier molecular flexibility index (Phi) is 6.11. The predicted octanol–water partition coefficient (Wildman–Crippen LogP) is 2.56. The van der Waals surface area contributed by atoms with Gasteiger partial charge < -0.3 is 14.0 Å². The number of rotatable bonds is 6. The van der Waals surface area contributed by atoms with Crippen molar-refractivity contribution in [3.8, 4) is 0 Å². The topological polar surface area (TPSA) is 74.6 Å². The molecule has 0 fully saturated rings. The highest BCUT2D eigenvalue weighted by atomic mass is 16.5. The van der Waals surface area contributed by atoms with Crippen LogP contribution < -0.4 is 5.56 Å². The van der Waals surface area contributed by atoms with Crippen LogP contribution in [0.3, 0.4) is 0 Å². The Morgan fingerprint density at radius 1 is 0.960 bits per heavy atom. The molecule has 132 valence electrons. The number of nitrogens with zero attached hydrogens (tertiary/aromatic N) is 1. The van der Waals surface area contributed by atoms with E-state index < -0.39 is 17.5 Å². The SMILES string of the molecule is CCOC(=O)c1cc(C(=O)OCC)c(=O)n(Cc2ccccc2)c1C. The maximum atomic E-state index is 12.8. The second-order valence-corrected chi connectivity index (χ2v) is 5.37. The number of benzene rings is 1. The van der Waals surface area contributed by atoms with Gasteiger partial charge in [-0.3, -0.25) is 4.79 Å². The van der Waals surface area contributed by atoms with Gasteiger partial charge in [-0.25, -0.2) is 9.59 Å². The quantitative estimate of drug-likeness (QED) is 0.754. The molecular formula is C19H21NO5. The third-order valence-electron chi connectivity index (χ3n) is 3.73. The highest BCUT2D eigenvalue weighted by Gasteiger charge is 2.22. The maximum absolute atomic E-state index is 12.8. The van der Waals surface area contributed by atoms with E-state index in [1.807, 2.05) is 30.3 Å². The first-order valence-corrected chi connectivity index (χ1v) is 8.12. The number of ether oxygens (including phenoxy) is 2. The first-order chi connectivity index (χ1) is 12.0. The lowest BCUT2D eigenvalue weighted by molar-refractivity contribution is 0.0521. The van der Waals surface area contributed by atoms with Crippen molar-refractivity contribution in [2.24, 2.45) is 0 Å². The van der Waals surface area contributed by atoms with Gasteiger partial charge in [0.05, 0.1) is 25.3 Å². The molecule has 1 aromatic carbocycles. The fourth-order valence-electron chi connectivity index (χ4n) is 2.48. The van der Waals surface area contributed by atoms with Gasteiger partial charge in [0.2, 0.25) is 0 Å². The average molecular weight is 343 g/mol. The molecule has 0 aliphatic heterocycles. The predicted molar refractivity (Wildman–Crippen MR) is 92.9 cm³/mol. The fourth-order valence-corrected chi connectivity index (χ4v) is 2.48. The Hall–Kier alpha value is -2.89.